The molecule has 0 fully saturated rings. The molecule has 84 valence electrons. The van der Waals surface area contributed by atoms with Crippen LogP contribution in [0.4, 0.5) is 5.69 Å². The number of anilines is 1. The average molecular weight is 223 g/mol. The smallest absolute Gasteiger partial charge is 0.0504 e. The van der Waals surface area contributed by atoms with Crippen molar-refractivity contribution >= 4 is 16.6 Å². The topological polar surface area (TPSA) is 43.8 Å². The van der Waals surface area contributed by atoms with Crippen molar-refractivity contribution in [3.05, 3.63) is 60.6 Å². The number of hydrogen-bond donors (Lipinski definition) is 1. The van der Waals surface area contributed by atoms with E-state index in [0.29, 0.717) is 0 Å². The van der Waals surface area contributed by atoms with Crippen molar-refractivity contribution in [2.45, 2.75) is 6.54 Å². The molecule has 0 bridgehead atoms. The van der Waals surface area contributed by atoms with Gasteiger partial charge in [0, 0.05) is 30.8 Å². The minimum absolute atomic E-state index is 0.798. The van der Waals surface area contributed by atoms with Crippen molar-refractivity contribution in [3.63, 3.8) is 0 Å². The molecule has 0 aliphatic heterocycles. The summed E-state index contributed by atoms with van der Waals surface area (Å²) in [4.78, 5) is 4.02. The van der Waals surface area contributed by atoms with E-state index in [4.69, 9.17) is 5.73 Å². The second kappa shape index (κ2) is 3.94. The highest BCUT2D eigenvalue weighted by atomic mass is 15.0. The van der Waals surface area contributed by atoms with Crippen LogP contribution in [0.1, 0.15) is 5.56 Å². The number of nitrogens with zero attached hydrogens (tertiary/aromatic N) is 2. The Balaban J connectivity index is 2.03. The van der Waals surface area contributed by atoms with Crippen LogP contribution in [-0.4, -0.2) is 9.55 Å². The molecule has 3 nitrogen and oxygen atoms in total. The van der Waals surface area contributed by atoms with Gasteiger partial charge in [0.15, 0.2) is 0 Å². The fourth-order valence-corrected chi connectivity index (χ4v) is 2.02. The fourth-order valence-electron chi connectivity index (χ4n) is 2.02. The van der Waals surface area contributed by atoms with Crippen molar-refractivity contribution < 1.29 is 0 Å². The van der Waals surface area contributed by atoms with Crippen molar-refractivity contribution in [1.82, 2.24) is 9.55 Å². The third-order valence-electron chi connectivity index (χ3n) is 2.90. The normalized spacial score (nSPS) is 10.8. The Morgan fingerprint density at radius 2 is 1.88 bits per heavy atom. The maximum atomic E-state index is 5.82. The highest BCUT2D eigenvalue weighted by Crippen LogP contribution is 2.19. The Hall–Kier alpha value is -2.29. The first-order valence-electron chi connectivity index (χ1n) is 5.56. The molecule has 0 unspecified atom stereocenters. The zero-order chi connectivity index (χ0) is 11.7. The predicted molar refractivity (Wildman–Crippen MR) is 69.7 cm³/mol. The van der Waals surface area contributed by atoms with E-state index in [0.717, 1.165) is 12.2 Å². The van der Waals surface area contributed by atoms with E-state index in [9.17, 15) is 0 Å². The Morgan fingerprint density at radius 3 is 2.71 bits per heavy atom. The number of nitrogen functional groups attached to an aromatic ring is 1. The van der Waals surface area contributed by atoms with Crippen LogP contribution in [0.25, 0.3) is 10.9 Å². The van der Waals surface area contributed by atoms with Crippen LogP contribution in [0, 0.1) is 0 Å². The Labute approximate surface area is 99.5 Å². The predicted octanol–water partition coefficient (Wildman–Crippen LogP) is 2.67. The molecule has 3 aromatic rings. The minimum atomic E-state index is 0.798. The molecule has 2 aromatic heterocycles. The van der Waals surface area contributed by atoms with Gasteiger partial charge in [0.25, 0.3) is 0 Å². The first kappa shape index (κ1) is 9.90. The number of benzene rings is 1. The van der Waals surface area contributed by atoms with Crippen LogP contribution in [-0.2, 0) is 6.54 Å². The summed E-state index contributed by atoms with van der Waals surface area (Å²) in [5.74, 6) is 0. The molecule has 17 heavy (non-hydrogen) atoms. The van der Waals surface area contributed by atoms with Crippen molar-refractivity contribution in [2.75, 3.05) is 5.73 Å². The summed E-state index contributed by atoms with van der Waals surface area (Å²) in [6.07, 6.45) is 5.72. The van der Waals surface area contributed by atoms with Crippen molar-refractivity contribution in [2.24, 2.45) is 0 Å². The van der Waals surface area contributed by atoms with Crippen LogP contribution < -0.4 is 5.73 Å². The highest BCUT2D eigenvalue weighted by molar-refractivity contribution is 5.83. The van der Waals surface area contributed by atoms with Gasteiger partial charge < -0.3 is 10.3 Å². The molecule has 0 aliphatic rings. The molecule has 0 aliphatic carbocycles. The molecule has 0 atom stereocenters. The van der Waals surface area contributed by atoms with Crippen LogP contribution in [0.2, 0.25) is 0 Å². The molecule has 0 saturated carbocycles. The van der Waals surface area contributed by atoms with E-state index < -0.39 is 0 Å². The number of hydrogen-bond acceptors (Lipinski definition) is 2. The Kier molecular flexibility index (Phi) is 2.29. The minimum Gasteiger partial charge on any atom is -0.399 e. The lowest BCUT2D eigenvalue weighted by Crippen LogP contribution is -1.98. The van der Waals surface area contributed by atoms with Crippen LogP contribution in [0.5, 0.6) is 0 Å². The van der Waals surface area contributed by atoms with Gasteiger partial charge in [0.05, 0.1) is 5.52 Å². The maximum Gasteiger partial charge on any atom is 0.0504 e. The molecule has 0 amide bonds. The molecule has 1 aromatic carbocycles. The molecule has 0 saturated heterocycles. The average Bonchev–Trinajstić information content (AvgIpc) is 2.73. The largest absolute Gasteiger partial charge is 0.399 e. The summed E-state index contributed by atoms with van der Waals surface area (Å²) >= 11 is 0. The summed E-state index contributed by atoms with van der Waals surface area (Å²) in [7, 11) is 0. The third-order valence-corrected chi connectivity index (χ3v) is 2.90. The zero-order valence-corrected chi connectivity index (χ0v) is 9.38. The van der Waals surface area contributed by atoms with Crippen LogP contribution in [0.15, 0.2) is 55.0 Å². The van der Waals surface area contributed by atoms with Gasteiger partial charge >= 0.3 is 0 Å². The van der Waals surface area contributed by atoms with Gasteiger partial charge in [-0.25, -0.2) is 0 Å². The van der Waals surface area contributed by atoms with Gasteiger partial charge in [-0.15, -0.1) is 0 Å². The van der Waals surface area contributed by atoms with Gasteiger partial charge in [0.1, 0.15) is 0 Å². The molecule has 3 rings (SSSR count). The molecular weight excluding hydrogens is 210 g/mol. The lowest BCUT2D eigenvalue weighted by atomic mass is 10.2. The van der Waals surface area contributed by atoms with E-state index in [1.54, 1.807) is 0 Å². The summed E-state index contributed by atoms with van der Waals surface area (Å²) < 4.78 is 2.20. The van der Waals surface area contributed by atoms with Crippen LogP contribution >= 0.6 is 0 Å². The van der Waals surface area contributed by atoms with E-state index >= 15 is 0 Å². The number of rotatable bonds is 2. The number of pyridine rings is 1. The first-order valence-corrected chi connectivity index (χ1v) is 5.56. The first-order chi connectivity index (χ1) is 8.33. The second-order valence-electron chi connectivity index (χ2n) is 4.12. The number of aromatic nitrogens is 2. The standard InChI is InChI=1S/C14H13N3/c15-13-2-1-12-5-8-17(14(12)9-13)10-11-3-6-16-7-4-11/h1-9H,10,15H2. The van der Waals surface area contributed by atoms with Gasteiger partial charge in [-0.05, 0) is 41.3 Å². The molecule has 2 heterocycles. The zero-order valence-electron chi connectivity index (χ0n) is 9.38. The fraction of sp³-hybridized carbons (Fsp3) is 0.0714. The second-order valence-corrected chi connectivity index (χ2v) is 4.12. The summed E-state index contributed by atoms with van der Waals surface area (Å²) in [6.45, 7) is 0.843. The quantitative estimate of drug-likeness (QED) is 0.679. The monoisotopic (exact) mass is 223 g/mol. The summed E-state index contributed by atoms with van der Waals surface area (Å²) in [5.41, 5.74) is 9.02. The molecule has 0 spiro atoms. The number of nitrogens with two attached hydrogens (primary N) is 1. The van der Waals surface area contributed by atoms with Gasteiger partial charge in [0.2, 0.25) is 0 Å². The van der Waals surface area contributed by atoms with Crippen LogP contribution in [0.3, 0.4) is 0 Å². The Morgan fingerprint density at radius 1 is 1.06 bits per heavy atom. The van der Waals surface area contributed by atoms with E-state index in [2.05, 4.69) is 21.8 Å². The van der Waals surface area contributed by atoms with Gasteiger partial charge in [-0.3, -0.25) is 4.98 Å². The highest BCUT2D eigenvalue weighted by Gasteiger charge is 2.01. The molecule has 0 radical (unpaired) electrons. The van der Waals surface area contributed by atoms with E-state index in [1.807, 2.05) is 42.7 Å². The van der Waals surface area contributed by atoms with E-state index in [1.165, 1.54) is 16.5 Å². The molecular formula is C14H13N3. The van der Waals surface area contributed by atoms with Crippen molar-refractivity contribution in [3.8, 4) is 0 Å². The molecule has 2 N–H and O–H groups in total. The summed E-state index contributed by atoms with van der Waals surface area (Å²) in [6, 6.07) is 12.1. The molecule has 3 heteroatoms. The third kappa shape index (κ3) is 1.87. The van der Waals surface area contributed by atoms with Gasteiger partial charge in [-0.1, -0.05) is 6.07 Å². The number of fused-ring (bicyclic) bond motifs is 1. The lowest BCUT2D eigenvalue weighted by Gasteiger charge is -2.05. The lowest BCUT2D eigenvalue weighted by molar-refractivity contribution is 0.835. The van der Waals surface area contributed by atoms with Crippen molar-refractivity contribution in [1.29, 1.82) is 0 Å². The SMILES string of the molecule is Nc1ccc2ccn(Cc3ccncc3)c2c1. The maximum absolute atomic E-state index is 5.82. The Bertz CT molecular complexity index is 641. The van der Waals surface area contributed by atoms with E-state index in [-0.39, 0.29) is 0 Å². The van der Waals surface area contributed by atoms with Gasteiger partial charge in [-0.2, -0.15) is 0 Å². The summed E-state index contributed by atoms with van der Waals surface area (Å²) in [5, 5.41) is 1.22.